The standard InChI is InChI=1S/C17H15N3OS2/c1-12-7-9-15(23-12)14(21)11-22-17-18-16(19-20-17)10-8-13-5-3-2-4-6-13/h2-10H,11H2,1H3,(H,18,19,20)/b10-8+. The maximum Gasteiger partial charge on any atom is 0.209 e. The minimum atomic E-state index is 0.110. The Hall–Kier alpha value is -2.18. The number of aromatic amines is 1. The van der Waals surface area contributed by atoms with Gasteiger partial charge in [-0.15, -0.1) is 16.4 Å². The van der Waals surface area contributed by atoms with Crippen molar-refractivity contribution in [3.8, 4) is 0 Å². The molecule has 2 aromatic heterocycles. The van der Waals surface area contributed by atoms with Crippen LogP contribution >= 0.6 is 23.1 Å². The highest BCUT2D eigenvalue weighted by atomic mass is 32.2. The molecular weight excluding hydrogens is 326 g/mol. The van der Waals surface area contributed by atoms with E-state index in [1.807, 2.05) is 61.5 Å². The summed E-state index contributed by atoms with van der Waals surface area (Å²) >= 11 is 2.86. The van der Waals surface area contributed by atoms with E-state index >= 15 is 0 Å². The maximum atomic E-state index is 12.1. The number of carbonyl (C=O) groups is 1. The number of benzene rings is 1. The van der Waals surface area contributed by atoms with Gasteiger partial charge in [0.25, 0.3) is 0 Å². The van der Waals surface area contributed by atoms with Crippen LogP contribution in [0, 0.1) is 6.92 Å². The van der Waals surface area contributed by atoms with Crippen LogP contribution in [-0.4, -0.2) is 26.7 Å². The number of thiophene rings is 1. The Morgan fingerprint density at radius 1 is 1.22 bits per heavy atom. The van der Waals surface area contributed by atoms with Crippen molar-refractivity contribution in [1.29, 1.82) is 0 Å². The van der Waals surface area contributed by atoms with Crippen LogP contribution in [0.25, 0.3) is 12.2 Å². The number of thioether (sulfide) groups is 1. The topological polar surface area (TPSA) is 58.6 Å². The van der Waals surface area contributed by atoms with Crippen LogP contribution in [0.2, 0.25) is 0 Å². The van der Waals surface area contributed by atoms with Crippen LogP contribution in [0.1, 0.15) is 25.9 Å². The summed E-state index contributed by atoms with van der Waals surface area (Å²) in [6.07, 6.45) is 3.84. The zero-order valence-electron chi connectivity index (χ0n) is 12.5. The summed E-state index contributed by atoms with van der Waals surface area (Å²) in [5.74, 6) is 1.13. The van der Waals surface area contributed by atoms with Crippen molar-refractivity contribution >= 4 is 41.0 Å². The van der Waals surface area contributed by atoms with Gasteiger partial charge in [0.1, 0.15) is 5.82 Å². The minimum absolute atomic E-state index is 0.110. The first-order valence-electron chi connectivity index (χ1n) is 7.09. The fraction of sp³-hybridized carbons (Fsp3) is 0.118. The molecule has 116 valence electrons. The number of aromatic nitrogens is 3. The molecule has 0 bridgehead atoms. The van der Waals surface area contributed by atoms with Gasteiger partial charge in [0.15, 0.2) is 5.78 Å². The van der Waals surface area contributed by atoms with Crippen LogP contribution in [-0.2, 0) is 0 Å². The summed E-state index contributed by atoms with van der Waals surface area (Å²) in [6, 6.07) is 13.8. The largest absolute Gasteiger partial charge is 0.292 e. The van der Waals surface area contributed by atoms with E-state index in [-0.39, 0.29) is 5.78 Å². The van der Waals surface area contributed by atoms with Crippen LogP contribution in [0.4, 0.5) is 0 Å². The van der Waals surface area contributed by atoms with Gasteiger partial charge < -0.3 is 0 Å². The number of H-pyrrole nitrogens is 1. The summed E-state index contributed by atoms with van der Waals surface area (Å²) in [6.45, 7) is 2.00. The highest BCUT2D eigenvalue weighted by Gasteiger charge is 2.10. The Kier molecular flexibility index (Phi) is 5.05. The number of ketones is 1. The fourth-order valence-electron chi connectivity index (χ4n) is 1.92. The van der Waals surface area contributed by atoms with E-state index in [0.717, 1.165) is 15.3 Å². The first kappa shape index (κ1) is 15.7. The van der Waals surface area contributed by atoms with Gasteiger partial charge in [-0.05, 0) is 30.7 Å². The molecule has 1 aromatic carbocycles. The summed E-state index contributed by atoms with van der Waals surface area (Å²) in [5, 5.41) is 7.57. The molecule has 3 rings (SSSR count). The molecule has 0 amide bonds. The van der Waals surface area contributed by atoms with E-state index in [1.165, 1.54) is 23.1 Å². The number of Topliss-reactive ketones (excluding diaryl/α,β-unsaturated/α-hetero) is 1. The predicted octanol–water partition coefficient (Wildman–Crippen LogP) is 4.32. The molecule has 0 atom stereocenters. The highest BCUT2D eigenvalue weighted by molar-refractivity contribution is 7.99. The Labute approximate surface area is 142 Å². The molecule has 1 N–H and O–H groups in total. The number of nitrogens with one attached hydrogen (secondary N) is 1. The van der Waals surface area contributed by atoms with Crippen LogP contribution < -0.4 is 0 Å². The molecule has 0 aliphatic rings. The van der Waals surface area contributed by atoms with Gasteiger partial charge in [0.2, 0.25) is 5.16 Å². The first-order valence-corrected chi connectivity index (χ1v) is 8.89. The second kappa shape index (κ2) is 7.39. The van der Waals surface area contributed by atoms with Crippen molar-refractivity contribution in [3.05, 3.63) is 63.6 Å². The molecular formula is C17H15N3OS2. The maximum absolute atomic E-state index is 12.1. The molecule has 0 spiro atoms. The van der Waals surface area contributed by atoms with Crippen molar-refractivity contribution in [3.63, 3.8) is 0 Å². The van der Waals surface area contributed by atoms with Crippen molar-refractivity contribution in [1.82, 2.24) is 15.2 Å². The van der Waals surface area contributed by atoms with Gasteiger partial charge >= 0.3 is 0 Å². The van der Waals surface area contributed by atoms with E-state index in [0.29, 0.717) is 16.7 Å². The van der Waals surface area contributed by atoms with Crippen molar-refractivity contribution in [2.75, 3.05) is 5.75 Å². The number of rotatable bonds is 6. The molecule has 3 aromatic rings. The molecule has 0 aliphatic carbocycles. The summed E-state index contributed by atoms with van der Waals surface area (Å²) in [5.41, 5.74) is 1.10. The van der Waals surface area contributed by atoms with Crippen molar-refractivity contribution in [2.24, 2.45) is 0 Å². The van der Waals surface area contributed by atoms with E-state index in [4.69, 9.17) is 0 Å². The summed E-state index contributed by atoms with van der Waals surface area (Å²) in [7, 11) is 0. The number of aryl methyl sites for hydroxylation is 1. The molecule has 0 fully saturated rings. The summed E-state index contributed by atoms with van der Waals surface area (Å²) < 4.78 is 0. The van der Waals surface area contributed by atoms with Crippen molar-refractivity contribution in [2.45, 2.75) is 12.1 Å². The molecule has 0 radical (unpaired) electrons. The highest BCUT2D eigenvalue weighted by Crippen LogP contribution is 2.20. The van der Waals surface area contributed by atoms with Gasteiger partial charge in [-0.2, -0.15) is 0 Å². The lowest BCUT2D eigenvalue weighted by Gasteiger charge is -1.94. The zero-order valence-corrected chi connectivity index (χ0v) is 14.2. The predicted molar refractivity (Wildman–Crippen MR) is 95.9 cm³/mol. The number of hydrogen-bond acceptors (Lipinski definition) is 5. The lowest BCUT2D eigenvalue weighted by atomic mass is 10.2. The molecule has 0 saturated heterocycles. The van der Waals surface area contributed by atoms with Crippen molar-refractivity contribution < 1.29 is 4.79 Å². The average Bonchev–Trinajstić information content (AvgIpc) is 3.21. The lowest BCUT2D eigenvalue weighted by molar-refractivity contribution is 0.102. The molecule has 0 aliphatic heterocycles. The lowest BCUT2D eigenvalue weighted by Crippen LogP contribution is -1.99. The van der Waals surface area contributed by atoms with Crippen LogP contribution in [0.15, 0.2) is 47.6 Å². The quantitative estimate of drug-likeness (QED) is 0.536. The second-order valence-corrected chi connectivity index (χ2v) is 7.10. The van der Waals surface area contributed by atoms with E-state index < -0.39 is 0 Å². The smallest absolute Gasteiger partial charge is 0.209 e. The molecule has 23 heavy (non-hydrogen) atoms. The number of carbonyl (C=O) groups excluding carboxylic acids is 1. The zero-order chi connectivity index (χ0) is 16.1. The molecule has 2 heterocycles. The molecule has 4 nitrogen and oxygen atoms in total. The fourth-order valence-corrected chi connectivity index (χ4v) is 3.51. The van der Waals surface area contributed by atoms with Gasteiger partial charge in [-0.1, -0.05) is 48.2 Å². The third-order valence-corrected chi connectivity index (χ3v) is 4.95. The Morgan fingerprint density at radius 3 is 2.78 bits per heavy atom. The van der Waals surface area contributed by atoms with Gasteiger partial charge in [0.05, 0.1) is 10.6 Å². The average molecular weight is 341 g/mol. The normalized spacial score (nSPS) is 11.2. The van der Waals surface area contributed by atoms with Gasteiger partial charge in [-0.25, -0.2) is 4.98 Å². The van der Waals surface area contributed by atoms with Crippen LogP contribution in [0.3, 0.4) is 0 Å². The first-order chi connectivity index (χ1) is 11.2. The molecule has 0 saturated carbocycles. The van der Waals surface area contributed by atoms with E-state index in [2.05, 4.69) is 15.2 Å². The Morgan fingerprint density at radius 2 is 2.04 bits per heavy atom. The Balaban J connectivity index is 1.57. The third kappa shape index (κ3) is 4.40. The van der Waals surface area contributed by atoms with Gasteiger partial charge in [0, 0.05) is 4.88 Å². The minimum Gasteiger partial charge on any atom is -0.292 e. The summed E-state index contributed by atoms with van der Waals surface area (Å²) in [4.78, 5) is 18.3. The third-order valence-electron chi connectivity index (χ3n) is 3.06. The molecule has 0 unspecified atom stereocenters. The van der Waals surface area contributed by atoms with Gasteiger partial charge in [-0.3, -0.25) is 9.89 Å². The SMILES string of the molecule is Cc1ccc(C(=O)CSc2n[nH]c(/C=C/c3ccccc3)n2)s1. The van der Waals surface area contributed by atoms with Crippen LogP contribution in [0.5, 0.6) is 0 Å². The van der Waals surface area contributed by atoms with E-state index in [9.17, 15) is 4.79 Å². The number of hydrogen-bond donors (Lipinski definition) is 1. The monoisotopic (exact) mass is 341 g/mol. The number of nitrogens with zero attached hydrogens (tertiary/aromatic N) is 2. The van der Waals surface area contributed by atoms with E-state index in [1.54, 1.807) is 0 Å². The molecule has 6 heteroatoms. The Bertz CT molecular complexity index is 821. The second-order valence-electron chi connectivity index (χ2n) is 4.87.